The van der Waals surface area contributed by atoms with Gasteiger partial charge in [0.25, 0.3) is 0 Å². The van der Waals surface area contributed by atoms with Crippen molar-refractivity contribution in [1.82, 2.24) is 0 Å². The van der Waals surface area contributed by atoms with Crippen LogP contribution in [0.4, 0.5) is 0 Å². The lowest BCUT2D eigenvalue weighted by atomic mass is 9.90. The van der Waals surface area contributed by atoms with E-state index in [0.29, 0.717) is 150 Å². The molecule has 0 saturated heterocycles. The Morgan fingerprint density at radius 2 is 0.328 bits per heavy atom. The van der Waals surface area contributed by atoms with Gasteiger partial charge in [0.15, 0.2) is 0 Å². The van der Waals surface area contributed by atoms with E-state index in [1.54, 1.807) is 0 Å². The summed E-state index contributed by atoms with van der Waals surface area (Å²) < 4.78 is 164. The number of rotatable bonds is 56. The fourth-order valence-corrected chi connectivity index (χ4v) is 6.72. The fourth-order valence-electron chi connectivity index (χ4n) is 6.72. The Bertz CT molecular complexity index is 1030. The SMILES string of the molecule is [3H]CCCOCC(COCCC[3H])(COCCC[3H])COCC(COCCC[3H])(COCCC[3H])COCCCOCC(COCCC[3H])(COCCC[3H])COCC(COCCC[3H])(COCCC[3H])COCCC[3H]. The summed E-state index contributed by atoms with van der Waals surface area (Å²) in [7, 11) is 0. The van der Waals surface area contributed by atoms with Gasteiger partial charge < -0.3 is 66.3 Å². The molecule has 0 bridgehead atoms. The molecule has 0 aliphatic rings. The molecule has 0 aromatic rings. The van der Waals surface area contributed by atoms with Crippen LogP contribution in [-0.2, 0) is 66.3 Å². The van der Waals surface area contributed by atoms with E-state index < -0.39 is 21.7 Å². The molecule has 14 heteroatoms. The second-order valence-corrected chi connectivity index (χ2v) is 17.5. The maximum absolute atomic E-state index is 7.70. The molecule has 0 aromatic carbocycles. The van der Waals surface area contributed by atoms with E-state index in [9.17, 15) is 0 Å². The Labute approximate surface area is 425 Å². The van der Waals surface area contributed by atoms with Crippen molar-refractivity contribution in [3.8, 4) is 0 Å². The van der Waals surface area contributed by atoms with Crippen LogP contribution in [-0.4, -0.2) is 185 Å². The topological polar surface area (TPSA) is 129 Å². The molecule has 0 saturated carbocycles. The highest BCUT2D eigenvalue weighted by atomic mass is 16.5. The van der Waals surface area contributed by atoms with Crippen LogP contribution in [0.2, 0.25) is 0 Å². The van der Waals surface area contributed by atoms with Gasteiger partial charge in [0.05, 0.1) is 127 Å². The molecular formula is C53H108O14. The average Bonchev–Trinajstić information content (AvgIpc) is 3.43. The Morgan fingerprint density at radius 3 is 0.478 bits per heavy atom. The van der Waals surface area contributed by atoms with Gasteiger partial charge in [-0.3, -0.25) is 0 Å². The van der Waals surface area contributed by atoms with Gasteiger partial charge in [0, 0.05) is 93.0 Å². The third-order valence-electron chi connectivity index (χ3n) is 10.00. The molecule has 0 aliphatic carbocycles. The predicted molar refractivity (Wildman–Crippen MR) is 269 cm³/mol. The quantitative estimate of drug-likeness (QED) is 0.0537. The molecule has 404 valence electrons. The Hall–Kier alpha value is -0.560. The molecule has 0 rings (SSSR count). The van der Waals surface area contributed by atoms with Crippen molar-refractivity contribution in [2.24, 2.45) is 21.7 Å². The molecule has 14 nitrogen and oxygen atoms in total. The number of ether oxygens (including phenoxy) is 14. The largest absolute Gasteiger partial charge is 0.381 e. The summed E-state index contributed by atoms with van der Waals surface area (Å²) >= 11 is 0. The molecule has 0 aliphatic heterocycles. The van der Waals surface area contributed by atoms with Gasteiger partial charge in [-0.25, -0.2) is 0 Å². The van der Waals surface area contributed by atoms with Crippen molar-refractivity contribution in [3.05, 3.63) is 0 Å². The summed E-state index contributed by atoms with van der Waals surface area (Å²) in [4.78, 5) is 0. The van der Waals surface area contributed by atoms with Crippen molar-refractivity contribution in [2.45, 2.75) is 140 Å². The van der Waals surface area contributed by atoms with Crippen LogP contribution >= 0.6 is 0 Å². The summed E-state index contributed by atoms with van der Waals surface area (Å²) in [6.07, 6.45) is 6.23. The van der Waals surface area contributed by atoms with Crippen LogP contribution in [0.5, 0.6) is 0 Å². The zero-order chi connectivity index (χ0) is 56.5. The fraction of sp³-hybridized carbons (Fsp3) is 1.00. The maximum Gasteiger partial charge on any atom is 0.0637 e. The standard InChI is InChI=1S/C53H108O14/c1-11-22-54-34-50(35-55-23-12-2,36-56-24-13-3)46-66-48-52(40-60-28-17-7,41-61-29-18-8)44-64-32-21-33-65-45-53(42-62-30-19-9,43-63-31-20-10)49-67-47-51(37-57-25-14-4,38-58-26-15-5)39-59-27-16-6/h11-49H2,1-10H3/i1T,2T,3T,4T,5T,6T,7T,8T,9T,10T. The van der Waals surface area contributed by atoms with E-state index in [0.717, 1.165) is 0 Å². The summed E-state index contributed by atoms with van der Waals surface area (Å²) in [5, 5.41) is 0. The smallest absolute Gasteiger partial charge is 0.0637 e. The van der Waals surface area contributed by atoms with Gasteiger partial charge in [0.2, 0.25) is 0 Å². The maximum atomic E-state index is 7.70. The second kappa shape index (κ2) is 46.5. The van der Waals surface area contributed by atoms with Crippen LogP contribution in [0.3, 0.4) is 0 Å². The summed E-state index contributed by atoms with van der Waals surface area (Å²) in [5.74, 6) is 0. The van der Waals surface area contributed by atoms with Gasteiger partial charge in [0.1, 0.15) is 0 Å². The van der Waals surface area contributed by atoms with E-state index in [1.165, 1.54) is 0 Å². The predicted octanol–water partition coefficient (Wildman–Crippen LogP) is 9.65. The lowest BCUT2D eigenvalue weighted by Crippen LogP contribution is -2.46. The molecule has 67 heavy (non-hydrogen) atoms. The first-order valence-corrected chi connectivity index (χ1v) is 24.7. The highest BCUT2D eigenvalue weighted by molar-refractivity contribution is 4.85. The molecule has 0 radical (unpaired) electrons. The third-order valence-corrected chi connectivity index (χ3v) is 10.00. The first kappa shape index (κ1) is 50.0. The molecule has 0 spiro atoms. The van der Waals surface area contributed by atoms with Gasteiger partial charge >= 0.3 is 0 Å². The monoisotopic (exact) mass is 989 g/mol. The summed E-state index contributed by atoms with van der Waals surface area (Å²) in [6, 6.07) is 0. The van der Waals surface area contributed by atoms with Crippen molar-refractivity contribution in [3.63, 3.8) is 0 Å². The Morgan fingerprint density at radius 1 is 0.194 bits per heavy atom. The van der Waals surface area contributed by atoms with Gasteiger partial charge in [-0.1, -0.05) is 69.0 Å². The normalized spacial score (nSPS) is 14.7. The molecule has 0 heterocycles. The zero-order valence-electron chi connectivity index (χ0n) is 52.4. The van der Waals surface area contributed by atoms with Crippen LogP contribution in [0.15, 0.2) is 0 Å². The minimum absolute atomic E-state index is 0.176. The van der Waals surface area contributed by atoms with Crippen molar-refractivity contribution < 1.29 is 80.0 Å². The lowest BCUT2D eigenvalue weighted by molar-refractivity contribution is -0.145. The van der Waals surface area contributed by atoms with Crippen molar-refractivity contribution in [2.75, 3.05) is 185 Å². The summed E-state index contributed by atoms with van der Waals surface area (Å²) in [6.45, 7) is 10.5. The molecule has 0 atom stereocenters. The van der Waals surface area contributed by atoms with Gasteiger partial charge in [-0.05, 0) is 70.6 Å². The van der Waals surface area contributed by atoms with Crippen LogP contribution in [0.25, 0.3) is 0 Å². The molecular weight excluding hydrogens is 861 g/mol. The first-order chi connectivity index (χ1) is 37.7. The minimum Gasteiger partial charge on any atom is -0.381 e. The van der Waals surface area contributed by atoms with Crippen LogP contribution in [0.1, 0.15) is 153 Å². The van der Waals surface area contributed by atoms with E-state index in [2.05, 4.69) is 0 Å². The van der Waals surface area contributed by atoms with E-state index >= 15 is 0 Å². The minimum atomic E-state index is -0.776. The Kier molecular flexibility index (Phi) is 34.7. The number of hydrogen-bond donors (Lipinski definition) is 0. The third kappa shape index (κ3) is 34.4. The van der Waals surface area contributed by atoms with E-state index in [-0.39, 0.29) is 175 Å². The molecule has 0 N–H and O–H groups in total. The van der Waals surface area contributed by atoms with Gasteiger partial charge in [-0.2, -0.15) is 0 Å². The average molecular weight is 990 g/mol. The second-order valence-electron chi connectivity index (χ2n) is 17.5. The van der Waals surface area contributed by atoms with Crippen LogP contribution in [0, 0.1) is 21.7 Å². The van der Waals surface area contributed by atoms with Crippen LogP contribution < -0.4 is 0 Å². The van der Waals surface area contributed by atoms with Crippen molar-refractivity contribution in [1.29, 1.82) is 0 Å². The zero-order valence-corrected chi connectivity index (χ0v) is 42.4. The highest BCUT2D eigenvalue weighted by Crippen LogP contribution is 2.28. The molecule has 0 unspecified atom stereocenters. The highest BCUT2D eigenvalue weighted by Gasteiger charge is 2.38. The first-order valence-electron chi connectivity index (χ1n) is 31.8. The van der Waals surface area contributed by atoms with E-state index in [1.807, 2.05) is 0 Å². The van der Waals surface area contributed by atoms with Gasteiger partial charge in [-0.15, -0.1) is 0 Å². The lowest BCUT2D eigenvalue weighted by Gasteiger charge is -2.37. The number of hydrogen-bond acceptors (Lipinski definition) is 14. The molecule has 0 fully saturated rings. The summed E-state index contributed by atoms with van der Waals surface area (Å²) in [5.41, 5.74) is -2.99. The van der Waals surface area contributed by atoms with E-state index in [4.69, 9.17) is 80.0 Å². The molecule has 0 aromatic heterocycles. The van der Waals surface area contributed by atoms with Crippen molar-refractivity contribution >= 4 is 0 Å². The molecule has 0 amide bonds. The Balaban J connectivity index is 6.51.